The zero-order chi connectivity index (χ0) is 23.2. The number of ether oxygens (including phenoxy) is 4. The standard InChI is InChI=1S/C26H19NO7/c1-30-16-6-4-5-15(12-16)27-25(28)24-21(14-9-10-19-20(11-14)32-13-31-19)22-23(34-24)17-7-2-3-8-18(17)33-26(22)29/h2-12,21,24H,13H2,1H3,(H,27,28)/t21-,24+/m0/s1. The molecule has 2 atom stereocenters. The molecule has 4 aromatic rings. The fourth-order valence-corrected chi connectivity index (χ4v) is 4.44. The van der Waals surface area contributed by atoms with Crippen molar-refractivity contribution in [3.8, 4) is 23.0 Å². The van der Waals surface area contributed by atoms with Crippen molar-refractivity contribution in [2.45, 2.75) is 12.0 Å². The van der Waals surface area contributed by atoms with E-state index in [9.17, 15) is 9.59 Å². The third-order valence-corrected chi connectivity index (χ3v) is 6.01. The lowest BCUT2D eigenvalue weighted by Gasteiger charge is -2.19. The minimum absolute atomic E-state index is 0.114. The second-order valence-corrected chi connectivity index (χ2v) is 7.98. The van der Waals surface area contributed by atoms with E-state index in [1.54, 1.807) is 67.8 Å². The smallest absolute Gasteiger partial charge is 0.344 e. The number of benzene rings is 3. The van der Waals surface area contributed by atoms with E-state index >= 15 is 0 Å². The summed E-state index contributed by atoms with van der Waals surface area (Å²) in [7, 11) is 1.55. The first kappa shape index (κ1) is 20.2. The van der Waals surface area contributed by atoms with Crippen LogP contribution >= 0.6 is 0 Å². The summed E-state index contributed by atoms with van der Waals surface area (Å²) in [5.41, 5.74) is 1.36. The SMILES string of the molecule is COc1cccc(NC(=O)[C@@H]2Oc3c(c(=O)oc4ccccc34)[C@@H]2c2ccc3c(c2)OCO3)c1. The Kier molecular flexibility index (Phi) is 4.65. The molecule has 0 spiro atoms. The van der Waals surface area contributed by atoms with E-state index in [0.29, 0.717) is 50.8 Å². The molecular weight excluding hydrogens is 438 g/mol. The van der Waals surface area contributed by atoms with Crippen LogP contribution in [0, 0.1) is 0 Å². The normalized spacial score (nSPS) is 17.8. The van der Waals surface area contributed by atoms with Crippen molar-refractivity contribution in [3.05, 3.63) is 88.3 Å². The van der Waals surface area contributed by atoms with Crippen molar-refractivity contribution in [1.82, 2.24) is 0 Å². The van der Waals surface area contributed by atoms with Crippen LogP contribution in [0.4, 0.5) is 5.69 Å². The number of carbonyl (C=O) groups is 1. The van der Waals surface area contributed by atoms with Gasteiger partial charge in [-0.3, -0.25) is 4.79 Å². The topological polar surface area (TPSA) is 96.2 Å². The average molecular weight is 457 g/mol. The van der Waals surface area contributed by atoms with Gasteiger partial charge in [-0.1, -0.05) is 24.3 Å². The van der Waals surface area contributed by atoms with Crippen LogP contribution in [-0.4, -0.2) is 25.9 Å². The Balaban J connectivity index is 1.47. The number of rotatable bonds is 4. The molecule has 0 fully saturated rings. The molecule has 34 heavy (non-hydrogen) atoms. The second-order valence-electron chi connectivity index (χ2n) is 7.98. The quantitative estimate of drug-likeness (QED) is 0.462. The predicted octanol–water partition coefficient (Wildman–Crippen LogP) is 4.06. The zero-order valence-electron chi connectivity index (χ0n) is 18.1. The second kappa shape index (κ2) is 7.84. The fraction of sp³-hybridized carbons (Fsp3) is 0.154. The van der Waals surface area contributed by atoms with Gasteiger partial charge in [0, 0.05) is 11.8 Å². The van der Waals surface area contributed by atoms with Crippen molar-refractivity contribution >= 4 is 22.6 Å². The molecular formula is C26H19NO7. The van der Waals surface area contributed by atoms with Crippen molar-refractivity contribution in [3.63, 3.8) is 0 Å². The van der Waals surface area contributed by atoms with Crippen molar-refractivity contribution in [2.24, 2.45) is 0 Å². The van der Waals surface area contributed by atoms with Gasteiger partial charge < -0.3 is 28.7 Å². The Morgan fingerprint density at radius 2 is 1.85 bits per heavy atom. The summed E-state index contributed by atoms with van der Waals surface area (Å²) in [4.78, 5) is 26.6. The molecule has 1 aromatic heterocycles. The maximum Gasteiger partial charge on any atom is 0.344 e. The number of hydrogen-bond acceptors (Lipinski definition) is 7. The fourth-order valence-electron chi connectivity index (χ4n) is 4.44. The van der Waals surface area contributed by atoms with Crippen LogP contribution < -0.4 is 29.9 Å². The lowest BCUT2D eigenvalue weighted by molar-refractivity contribution is -0.122. The summed E-state index contributed by atoms with van der Waals surface area (Å²) < 4.78 is 28.0. The molecule has 0 bridgehead atoms. The highest BCUT2D eigenvalue weighted by Gasteiger charge is 2.44. The van der Waals surface area contributed by atoms with Crippen LogP contribution in [0.5, 0.6) is 23.0 Å². The number of nitrogens with one attached hydrogen (secondary N) is 1. The van der Waals surface area contributed by atoms with E-state index in [0.717, 1.165) is 0 Å². The maximum atomic E-state index is 13.5. The van der Waals surface area contributed by atoms with Gasteiger partial charge in [-0.2, -0.15) is 0 Å². The van der Waals surface area contributed by atoms with Gasteiger partial charge in [-0.05, 0) is 42.0 Å². The van der Waals surface area contributed by atoms with Crippen LogP contribution in [-0.2, 0) is 4.79 Å². The highest BCUT2D eigenvalue weighted by Crippen LogP contribution is 2.46. The molecule has 0 aliphatic carbocycles. The first-order chi connectivity index (χ1) is 16.6. The minimum Gasteiger partial charge on any atom is -0.497 e. The Morgan fingerprint density at radius 3 is 2.74 bits per heavy atom. The van der Waals surface area contributed by atoms with Crippen LogP contribution in [0.25, 0.3) is 11.0 Å². The van der Waals surface area contributed by atoms with Crippen molar-refractivity contribution in [2.75, 3.05) is 19.2 Å². The molecule has 3 aromatic carbocycles. The summed E-state index contributed by atoms with van der Waals surface area (Å²) in [6.45, 7) is 0.114. The molecule has 0 radical (unpaired) electrons. The molecule has 1 amide bonds. The number of amides is 1. The third kappa shape index (κ3) is 3.23. The molecule has 6 rings (SSSR count). The molecule has 0 unspecified atom stereocenters. The van der Waals surface area contributed by atoms with Gasteiger partial charge in [0.1, 0.15) is 17.1 Å². The highest BCUT2D eigenvalue weighted by atomic mass is 16.7. The van der Waals surface area contributed by atoms with Crippen LogP contribution in [0.3, 0.4) is 0 Å². The largest absolute Gasteiger partial charge is 0.497 e. The first-order valence-corrected chi connectivity index (χ1v) is 10.7. The number of carbonyl (C=O) groups excluding carboxylic acids is 1. The molecule has 8 nitrogen and oxygen atoms in total. The third-order valence-electron chi connectivity index (χ3n) is 6.01. The Morgan fingerprint density at radius 1 is 1.00 bits per heavy atom. The van der Waals surface area contributed by atoms with Crippen molar-refractivity contribution in [1.29, 1.82) is 0 Å². The van der Waals surface area contributed by atoms with Crippen LogP contribution in [0.2, 0.25) is 0 Å². The van der Waals surface area contributed by atoms with E-state index in [2.05, 4.69) is 5.32 Å². The zero-order valence-corrected chi connectivity index (χ0v) is 18.1. The number of para-hydroxylation sites is 1. The Labute approximate surface area is 193 Å². The summed E-state index contributed by atoms with van der Waals surface area (Å²) in [5, 5.41) is 3.51. The van der Waals surface area contributed by atoms with E-state index < -0.39 is 23.6 Å². The molecule has 3 heterocycles. The van der Waals surface area contributed by atoms with E-state index in [1.807, 2.05) is 6.07 Å². The number of anilines is 1. The number of methoxy groups -OCH3 is 1. The Bertz CT molecular complexity index is 1490. The van der Waals surface area contributed by atoms with Crippen LogP contribution in [0.1, 0.15) is 17.0 Å². The predicted molar refractivity (Wildman–Crippen MR) is 123 cm³/mol. The van der Waals surface area contributed by atoms with Crippen molar-refractivity contribution < 1.29 is 28.2 Å². The summed E-state index contributed by atoms with van der Waals surface area (Å²) in [6, 6.07) is 19.4. The molecule has 8 heteroatoms. The minimum atomic E-state index is -1.02. The highest BCUT2D eigenvalue weighted by molar-refractivity contribution is 5.97. The van der Waals surface area contributed by atoms with Gasteiger partial charge >= 0.3 is 5.63 Å². The van der Waals surface area contributed by atoms with Gasteiger partial charge in [0.15, 0.2) is 17.6 Å². The lowest BCUT2D eigenvalue weighted by Crippen LogP contribution is -2.35. The van der Waals surface area contributed by atoms with E-state index in [-0.39, 0.29) is 6.79 Å². The lowest BCUT2D eigenvalue weighted by atomic mass is 9.88. The number of hydrogen-bond donors (Lipinski definition) is 1. The monoisotopic (exact) mass is 457 g/mol. The summed E-state index contributed by atoms with van der Waals surface area (Å²) >= 11 is 0. The van der Waals surface area contributed by atoms with Gasteiger partial charge in [0.25, 0.3) is 5.91 Å². The molecule has 1 N–H and O–H groups in total. The van der Waals surface area contributed by atoms with E-state index in [1.165, 1.54) is 0 Å². The van der Waals surface area contributed by atoms with Gasteiger partial charge in [0.05, 0.1) is 24.0 Å². The maximum absolute atomic E-state index is 13.5. The van der Waals surface area contributed by atoms with Gasteiger partial charge in [-0.25, -0.2) is 4.79 Å². The van der Waals surface area contributed by atoms with Gasteiger partial charge in [0.2, 0.25) is 6.79 Å². The Hall–Kier alpha value is -4.46. The van der Waals surface area contributed by atoms with Crippen LogP contribution in [0.15, 0.2) is 75.9 Å². The first-order valence-electron chi connectivity index (χ1n) is 10.7. The van der Waals surface area contributed by atoms with E-state index in [4.69, 9.17) is 23.4 Å². The van der Waals surface area contributed by atoms with Gasteiger partial charge in [-0.15, -0.1) is 0 Å². The summed E-state index contributed by atoms with van der Waals surface area (Å²) in [6.07, 6.45) is -1.02. The molecule has 170 valence electrons. The molecule has 0 saturated carbocycles. The molecule has 0 saturated heterocycles. The number of fused-ring (bicyclic) bond motifs is 4. The average Bonchev–Trinajstić information content (AvgIpc) is 3.49. The summed E-state index contributed by atoms with van der Waals surface area (Å²) in [5.74, 6) is 0.980. The molecule has 2 aliphatic heterocycles. The molecule has 2 aliphatic rings.